The Balaban J connectivity index is 2.17. The van der Waals surface area contributed by atoms with Crippen molar-refractivity contribution in [2.75, 3.05) is 17.2 Å². The van der Waals surface area contributed by atoms with E-state index in [0.29, 0.717) is 17.6 Å². The Kier molecular flexibility index (Phi) is 5.32. The molecule has 0 saturated heterocycles. The van der Waals surface area contributed by atoms with Crippen LogP contribution in [-0.4, -0.2) is 22.4 Å². The van der Waals surface area contributed by atoms with Gasteiger partial charge >= 0.3 is 0 Å². The van der Waals surface area contributed by atoms with Crippen molar-refractivity contribution in [1.82, 2.24) is 9.97 Å². The lowest BCUT2D eigenvalue weighted by Gasteiger charge is -2.13. The topological polar surface area (TPSA) is 66.9 Å². The maximum absolute atomic E-state index is 12.5. The number of benzene rings is 1. The molecule has 5 nitrogen and oxygen atoms in total. The molecule has 1 amide bonds. The van der Waals surface area contributed by atoms with Gasteiger partial charge in [0.25, 0.3) is 5.91 Å². The highest BCUT2D eigenvalue weighted by Crippen LogP contribution is 2.22. The van der Waals surface area contributed by atoms with Gasteiger partial charge in [0.15, 0.2) is 0 Å². The molecule has 0 fully saturated rings. The zero-order valence-electron chi connectivity index (χ0n) is 14.4. The Bertz CT molecular complexity index is 687. The monoisotopic (exact) mass is 312 g/mol. The van der Waals surface area contributed by atoms with E-state index < -0.39 is 0 Å². The van der Waals surface area contributed by atoms with Crippen molar-refractivity contribution in [3.05, 3.63) is 46.8 Å². The molecule has 0 aliphatic rings. The first kappa shape index (κ1) is 16.9. The first-order valence-electron chi connectivity index (χ1n) is 7.83. The average molecular weight is 312 g/mol. The molecule has 2 aromatic rings. The normalized spacial score (nSPS) is 10.7. The first-order chi connectivity index (χ1) is 10.9. The summed E-state index contributed by atoms with van der Waals surface area (Å²) in [4.78, 5) is 20.9. The van der Waals surface area contributed by atoms with Crippen LogP contribution < -0.4 is 10.6 Å². The van der Waals surface area contributed by atoms with E-state index in [-0.39, 0.29) is 5.91 Å². The van der Waals surface area contributed by atoms with E-state index in [2.05, 4.69) is 46.6 Å². The predicted molar refractivity (Wildman–Crippen MR) is 94.0 cm³/mol. The van der Waals surface area contributed by atoms with E-state index in [0.717, 1.165) is 23.4 Å². The van der Waals surface area contributed by atoms with Crippen molar-refractivity contribution in [2.24, 2.45) is 5.92 Å². The molecule has 122 valence electrons. The van der Waals surface area contributed by atoms with E-state index in [1.807, 2.05) is 20.8 Å². The molecule has 0 atom stereocenters. The van der Waals surface area contributed by atoms with Gasteiger partial charge in [0.2, 0.25) is 5.95 Å². The molecule has 0 aliphatic heterocycles. The zero-order valence-corrected chi connectivity index (χ0v) is 14.4. The van der Waals surface area contributed by atoms with Crippen molar-refractivity contribution in [3.8, 4) is 0 Å². The lowest BCUT2D eigenvalue weighted by molar-refractivity contribution is 0.102. The number of aromatic nitrogens is 2. The number of aryl methyl sites for hydroxylation is 3. The molecule has 1 heterocycles. The molecule has 0 spiro atoms. The van der Waals surface area contributed by atoms with Crippen molar-refractivity contribution >= 4 is 17.5 Å². The quantitative estimate of drug-likeness (QED) is 0.883. The number of rotatable bonds is 5. The number of anilines is 2. The van der Waals surface area contributed by atoms with E-state index in [1.54, 1.807) is 12.3 Å². The summed E-state index contributed by atoms with van der Waals surface area (Å²) in [6.07, 6.45) is 1.60. The van der Waals surface area contributed by atoms with Gasteiger partial charge in [0.05, 0.1) is 0 Å². The fraction of sp³-hybridized carbons (Fsp3) is 0.389. The Labute approximate surface area is 137 Å². The second kappa shape index (κ2) is 7.22. The van der Waals surface area contributed by atoms with E-state index >= 15 is 0 Å². The fourth-order valence-electron chi connectivity index (χ4n) is 2.42. The Morgan fingerprint density at radius 1 is 1.17 bits per heavy atom. The molecule has 2 N–H and O–H groups in total. The van der Waals surface area contributed by atoms with Gasteiger partial charge in [-0.15, -0.1) is 0 Å². The van der Waals surface area contributed by atoms with Crippen LogP contribution in [0.15, 0.2) is 24.4 Å². The van der Waals surface area contributed by atoms with E-state index in [4.69, 9.17) is 0 Å². The van der Waals surface area contributed by atoms with Crippen LogP contribution in [0, 0.1) is 26.7 Å². The molecule has 0 saturated carbocycles. The second-order valence-corrected chi connectivity index (χ2v) is 6.27. The third-order valence-electron chi connectivity index (χ3n) is 3.47. The van der Waals surface area contributed by atoms with Crippen molar-refractivity contribution in [3.63, 3.8) is 0 Å². The minimum Gasteiger partial charge on any atom is -0.354 e. The summed E-state index contributed by atoms with van der Waals surface area (Å²) < 4.78 is 0. The van der Waals surface area contributed by atoms with Gasteiger partial charge in [-0.2, -0.15) is 0 Å². The summed E-state index contributed by atoms with van der Waals surface area (Å²) in [5.41, 5.74) is 4.47. The summed E-state index contributed by atoms with van der Waals surface area (Å²) >= 11 is 0. The van der Waals surface area contributed by atoms with E-state index in [1.165, 1.54) is 5.56 Å². The molecule has 0 bridgehead atoms. The smallest absolute Gasteiger partial charge is 0.274 e. The molecule has 0 aliphatic carbocycles. The highest BCUT2D eigenvalue weighted by atomic mass is 16.1. The number of hydrogen-bond acceptors (Lipinski definition) is 4. The van der Waals surface area contributed by atoms with Gasteiger partial charge in [-0.05, 0) is 43.9 Å². The molecule has 2 rings (SSSR count). The van der Waals surface area contributed by atoms with Crippen LogP contribution >= 0.6 is 0 Å². The van der Waals surface area contributed by atoms with Gasteiger partial charge < -0.3 is 10.6 Å². The second-order valence-electron chi connectivity index (χ2n) is 6.27. The summed E-state index contributed by atoms with van der Waals surface area (Å²) in [5, 5.41) is 6.09. The highest BCUT2D eigenvalue weighted by molar-refractivity contribution is 6.03. The van der Waals surface area contributed by atoms with Gasteiger partial charge in [0.1, 0.15) is 5.69 Å². The third kappa shape index (κ3) is 4.52. The Morgan fingerprint density at radius 3 is 2.43 bits per heavy atom. The van der Waals surface area contributed by atoms with Crippen molar-refractivity contribution in [2.45, 2.75) is 34.6 Å². The van der Waals surface area contributed by atoms with Crippen LogP contribution in [0.25, 0.3) is 0 Å². The fourth-order valence-corrected chi connectivity index (χ4v) is 2.42. The summed E-state index contributed by atoms with van der Waals surface area (Å²) in [6, 6.07) is 5.73. The van der Waals surface area contributed by atoms with Crippen LogP contribution in [0.1, 0.15) is 41.0 Å². The molecule has 0 unspecified atom stereocenters. The first-order valence-corrected chi connectivity index (χ1v) is 7.83. The Morgan fingerprint density at radius 2 is 1.83 bits per heavy atom. The van der Waals surface area contributed by atoms with Gasteiger partial charge in [-0.1, -0.05) is 31.5 Å². The summed E-state index contributed by atoms with van der Waals surface area (Å²) in [5.74, 6) is 0.729. The number of hydrogen-bond donors (Lipinski definition) is 2. The molecular weight excluding hydrogens is 288 g/mol. The molecule has 23 heavy (non-hydrogen) atoms. The van der Waals surface area contributed by atoms with Crippen molar-refractivity contribution < 1.29 is 4.79 Å². The molecule has 0 radical (unpaired) electrons. The summed E-state index contributed by atoms with van der Waals surface area (Å²) in [7, 11) is 0. The lowest BCUT2D eigenvalue weighted by Crippen LogP contribution is -2.17. The lowest BCUT2D eigenvalue weighted by atomic mass is 10.1. The highest BCUT2D eigenvalue weighted by Gasteiger charge is 2.12. The number of carbonyl (C=O) groups is 1. The minimum absolute atomic E-state index is 0.227. The summed E-state index contributed by atoms with van der Waals surface area (Å²) in [6.45, 7) is 11.0. The van der Waals surface area contributed by atoms with Crippen molar-refractivity contribution in [1.29, 1.82) is 0 Å². The number of carbonyl (C=O) groups excluding carboxylic acids is 1. The van der Waals surface area contributed by atoms with Crippen LogP contribution in [0.5, 0.6) is 0 Å². The van der Waals surface area contributed by atoms with Gasteiger partial charge in [-0.3, -0.25) is 4.79 Å². The van der Waals surface area contributed by atoms with Crippen LogP contribution in [0.2, 0.25) is 0 Å². The molecule has 5 heteroatoms. The average Bonchev–Trinajstić information content (AvgIpc) is 2.49. The molecule has 1 aromatic heterocycles. The van der Waals surface area contributed by atoms with Crippen LogP contribution in [0.4, 0.5) is 11.6 Å². The number of nitrogens with one attached hydrogen (secondary N) is 2. The van der Waals surface area contributed by atoms with Gasteiger partial charge in [-0.25, -0.2) is 9.97 Å². The minimum atomic E-state index is -0.227. The number of amides is 1. The standard InChI is InChI=1S/C18H24N4O/c1-11(2)10-20-18-19-7-6-15(21-18)17(23)22-16-13(4)8-12(3)9-14(16)5/h6-9,11H,10H2,1-5H3,(H,22,23)(H,19,20,21). The third-order valence-corrected chi connectivity index (χ3v) is 3.47. The molecular formula is C18H24N4O. The Hall–Kier alpha value is -2.43. The maximum atomic E-state index is 12.5. The van der Waals surface area contributed by atoms with Gasteiger partial charge in [0, 0.05) is 18.4 Å². The number of nitrogens with zero attached hydrogens (tertiary/aromatic N) is 2. The zero-order chi connectivity index (χ0) is 17.0. The van der Waals surface area contributed by atoms with Crippen LogP contribution in [-0.2, 0) is 0 Å². The largest absolute Gasteiger partial charge is 0.354 e. The van der Waals surface area contributed by atoms with E-state index in [9.17, 15) is 4.79 Å². The maximum Gasteiger partial charge on any atom is 0.274 e. The predicted octanol–water partition coefficient (Wildman–Crippen LogP) is 3.72. The van der Waals surface area contributed by atoms with Crippen LogP contribution in [0.3, 0.4) is 0 Å². The SMILES string of the molecule is Cc1cc(C)c(NC(=O)c2ccnc(NCC(C)C)n2)c(C)c1. The molecule has 1 aromatic carbocycles.